The standard InChI is InChI=1S/C14H11ClN6/c15-7-1-3-9-12(5-7)19-20-13(9)17-14-10-6-8(16)2-4-11(10)18-21-14/h1-6H,16H2,(H3,17,18,19,20,21). The molecular weight excluding hydrogens is 288 g/mol. The molecule has 21 heavy (non-hydrogen) atoms. The van der Waals surface area contributed by atoms with Gasteiger partial charge in [-0.25, -0.2) is 0 Å². The Labute approximate surface area is 124 Å². The van der Waals surface area contributed by atoms with Crippen LogP contribution in [0.5, 0.6) is 0 Å². The van der Waals surface area contributed by atoms with Gasteiger partial charge in [-0.3, -0.25) is 10.2 Å². The van der Waals surface area contributed by atoms with E-state index in [4.69, 9.17) is 17.3 Å². The predicted molar refractivity (Wildman–Crippen MR) is 84.9 cm³/mol. The number of hydrogen-bond donors (Lipinski definition) is 4. The van der Waals surface area contributed by atoms with Crippen molar-refractivity contribution in [1.29, 1.82) is 0 Å². The van der Waals surface area contributed by atoms with Crippen LogP contribution in [-0.2, 0) is 0 Å². The number of nitrogen functional groups attached to an aromatic ring is 1. The fourth-order valence-corrected chi connectivity index (χ4v) is 2.50. The van der Waals surface area contributed by atoms with E-state index in [0.29, 0.717) is 22.3 Å². The number of aromatic amines is 2. The highest BCUT2D eigenvalue weighted by Gasteiger charge is 2.10. The van der Waals surface area contributed by atoms with E-state index in [1.54, 1.807) is 0 Å². The summed E-state index contributed by atoms with van der Waals surface area (Å²) in [6.45, 7) is 0. The number of anilines is 3. The fourth-order valence-electron chi connectivity index (χ4n) is 2.33. The van der Waals surface area contributed by atoms with Crippen molar-refractivity contribution in [1.82, 2.24) is 20.4 Å². The molecule has 0 saturated heterocycles. The number of H-pyrrole nitrogens is 2. The number of aromatic nitrogens is 4. The van der Waals surface area contributed by atoms with Gasteiger partial charge < -0.3 is 11.1 Å². The molecule has 104 valence electrons. The van der Waals surface area contributed by atoms with E-state index in [9.17, 15) is 0 Å². The van der Waals surface area contributed by atoms with Crippen molar-refractivity contribution in [3.05, 3.63) is 41.4 Å². The van der Waals surface area contributed by atoms with Gasteiger partial charge in [0.25, 0.3) is 0 Å². The number of nitrogens with two attached hydrogens (primary N) is 1. The van der Waals surface area contributed by atoms with E-state index in [-0.39, 0.29) is 0 Å². The average molecular weight is 299 g/mol. The van der Waals surface area contributed by atoms with Crippen LogP contribution in [0.25, 0.3) is 21.8 Å². The van der Waals surface area contributed by atoms with E-state index in [1.807, 2.05) is 36.4 Å². The lowest BCUT2D eigenvalue weighted by molar-refractivity contribution is 1.09. The third-order valence-corrected chi connectivity index (χ3v) is 3.58. The molecule has 0 aliphatic heterocycles. The van der Waals surface area contributed by atoms with Crippen molar-refractivity contribution in [3.8, 4) is 0 Å². The molecule has 0 atom stereocenters. The van der Waals surface area contributed by atoms with Crippen molar-refractivity contribution in [2.45, 2.75) is 0 Å². The molecule has 0 amide bonds. The van der Waals surface area contributed by atoms with Crippen LogP contribution >= 0.6 is 11.6 Å². The molecule has 0 radical (unpaired) electrons. The van der Waals surface area contributed by atoms with Gasteiger partial charge in [-0.2, -0.15) is 10.2 Å². The van der Waals surface area contributed by atoms with E-state index >= 15 is 0 Å². The Morgan fingerprint density at radius 1 is 0.905 bits per heavy atom. The normalized spacial score (nSPS) is 11.3. The summed E-state index contributed by atoms with van der Waals surface area (Å²) in [6.07, 6.45) is 0. The number of halogens is 1. The Hall–Kier alpha value is -2.73. The van der Waals surface area contributed by atoms with Crippen molar-refractivity contribution in [2.24, 2.45) is 0 Å². The van der Waals surface area contributed by atoms with Gasteiger partial charge in [-0.05, 0) is 36.4 Å². The second kappa shape index (κ2) is 4.39. The van der Waals surface area contributed by atoms with E-state index in [2.05, 4.69) is 25.7 Å². The molecule has 2 heterocycles. The summed E-state index contributed by atoms with van der Waals surface area (Å²) >= 11 is 5.97. The molecule has 0 fully saturated rings. The summed E-state index contributed by atoms with van der Waals surface area (Å²) < 4.78 is 0. The van der Waals surface area contributed by atoms with Crippen LogP contribution in [0.1, 0.15) is 0 Å². The first-order valence-electron chi connectivity index (χ1n) is 6.35. The van der Waals surface area contributed by atoms with Gasteiger partial charge in [0.1, 0.15) is 0 Å². The Bertz CT molecular complexity index is 955. The number of nitrogens with one attached hydrogen (secondary N) is 3. The second-order valence-corrected chi connectivity index (χ2v) is 5.20. The number of fused-ring (bicyclic) bond motifs is 2. The van der Waals surface area contributed by atoms with E-state index in [0.717, 1.165) is 21.8 Å². The highest BCUT2D eigenvalue weighted by Crippen LogP contribution is 2.29. The summed E-state index contributed by atoms with van der Waals surface area (Å²) in [7, 11) is 0. The molecule has 2 aromatic heterocycles. The summed E-state index contributed by atoms with van der Waals surface area (Å²) in [6, 6.07) is 11.2. The van der Waals surface area contributed by atoms with Crippen molar-refractivity contribution >= 4 is 50.7 Å². The number of nitrogens with zero attached hydrogens (tertiary/aromatic N) is 2. The SMILES string of the molecule is Nc1ccc2[nH]nc(Nc3n[nH]c4cc(Cl)ccc34)c2c1. The Balaban J connectivity index is 1.81. The van der Waals surface area contributed by atoms with Crippen molar-refractivity contribution in [2.75, 3.05) is 11.1 Å². The number of hydrogen-bond acceptors (Lipinski definition) is 4. The molecule has 4 rings (SSSR count). The van der Waals surface area contributed by atoms with Crippen LogP contribution in [0.3, 0.4) is 0 Å². The summed E-state index contributed by atoms with van der Waals surface area (Å²) in [4.78, 5) is 0. The molecular formula is C14H11ClN6. The van der Waals surface area contributed by atoms with Crippen LogP contribution in [0.2, 0.25) is 5.02 Å². The molecule has 4 aromatic rings. The van der Waals surface area contributed by atoms with Crippen molar-refractivity contribution in [3.63, 3.8) is 0 Å². The van der Waals surface area contributed by atoms with Gasteiger partial charge in [0.05, 0.1) is 11.0 Å². The fraction of sp³-hybridized carbons (Fsp3) is 0. The molecule has 0 aliphatic carbocycles. The smallest absolute Gasteiger partial charge is 0.161 e. The molecule has 7 heteroatoms. The molecule has 5 N–H and O–H groups in total. The maximum absolute atomic E-state index is 5.97. The quantitative estimate of drug-likeness (QED) is 0.426. The molecule has 2 aromatic carbocycles. The topological polar surface area (TPSA) is 95.4 Å². The Kier molecular flexibility index (Phi) is 2.52. The first kappa shape index (κ1) is 12.0. The maximum atomic E-state index is 5.97. The van der Waals surface area contributed by atoms with Crippen LogP contribution < -0.4 is 11.1 Å². The minimum Gasteiger partial charge on any atom is -0.399 e. The minimum atomic E-state index is 0.663. The van der Waals surface area contributed by atoms with Gasteiger partial charge in [-0.15, -0.1) is 0 Å². The molecule has 0 bridgehead atoms. The first-order chi connectivity index (χ1) is 10.2. The van der Waals surface area contributed by atoms with E-state index in [1.165, 1.54) is 0 Å². The van der Waals surface area contributed by atoms with Crippen LogP contribution in [-0.4, -0.2) is 20.4 Å². The summed E-state index contributed by atoms with van der Waals surface area (Å²) in [5, 5.41) is 20.2. The van der Waals surface area contributed by atoms with Gasteiger partial charge in [0, 0.05) is 21.5 Å². The lowest BCUT2D eigenvalue weighted by atomic mass is 10.2. The monoisotopic (exact) mass is 298 g/mol. The third kappa shape index (κ3) is 1.96. The highest BCUT2D eigenvalue weighted by molar-refractivity contribution is 6.31. The molecule has 6 nitrogen and oxygen atoms in total. The molecule has 0 unspecified atom stereocenters. The minimum absolute atomic E-state index is 0.663. The Morgan fingerprint density at radius 3 is 2.52 bits per heavy atom. The summed E-state index contributed by atoms with van der Waals surface area (Å²) in [5.74, 6) is 1.37. The largest absolute Gasteiger partial charge is 0.399 e. The van der Waals surface area contributed by atoms with Gasteiger partial charge in [0.15, 0.2) is 11.6 Å². The zero-order chi connectivity index (χ0) is 14.4. The lowest BCUT2D eigenvalue weighted by Crippen LogP contribution is -1.92. The van der Waals surface area contributed by atoms with Crippen LogP contribution in [0, 0.1) is 0 Å². The maximum Gasteiger partial charge on any atom is 0.161 e. The van der Waals surface area contributed by atoms with Gasteiger partial charge >= 0.3 is 0 Å². The van der Waals surface area contributed by atoms with Crippen LogP contribution in [0.15, 0.2) is 36.4 Å². The van der Waals surface area contributed by atoms with Gasteiger partial charge in [0.2, 0.25) is 0 Å². The first-order valence-corrected chi connectivity index (χ1v) is 6.73. The highest BCUT2D eigenvalue weighted by atomic mass is 35.5. The zero-order valence-corrected chi connectivity index (χ0v) is 11.6. The second-order valence-electron chi connectivity index (χ2n) is 4.76. The van der Waals surface area contributed by atoms with E-state index < -0.39 is 0 Å². The van der Waals surface area contributed by atoms with Gasteiger partial charge in [-0.1, -0.05) is 11.6 Å². The number of benzene rings is 2. The predicted octanol–water partition coefficient (Wildman–Crippen LogP) is 3.42. The molecule has 0 saturated carbocycles. The molecule has 0 aliphatic rings. The summed E-state index contributed by atoms with van der Waals surface area (Å²) in [5.41, 5.74) is 8.29. The molecule has 0 spiro atoms. The lowest BCUT2D eigenvalue weighted by Gasteiger charge is -2.01. The van der Waals surface area contributed by atoms with Crippen LogP contribution in [0.4, 0.5) is 17.3 Å². The number of rotatable bonds is 2. The van der Waals surface area contributed by atoms with Crippen molar-refractivity contribution < 1.29 is 0 Å². The third-order valence-electron chi connectivity index (χ3n) is 3.35. The average Bonchev–Trinajstić information content (AvgIpc) is 3.04. The zero-order valence-electron chi connectivity index (χ0n) is 10.8. The Morgan fingerprint density at radius 2 is 1.67 bits per heavy atom.